The predicted molar refractivity (Wildman–Crippen MR) is 114 cm³/mol. The number of rotatable bonds is 4. The van der Waals surface area contributed by atoms with E-state index in [2.05, 4.69) is 29.2 Å². The first kappa shape index (κ1) is 18.1. The van der Waals surface area contributed by atoms with Crippen LogP contribution in [0.2, 0.25) is 0 Å². The van der Waals surface area contributed by atoms with Crippen LogP contribution in [0.5, 0.6) is 0 Å². The molecule has 5 nitrogen and oxygen atoms in total. The van der Waals surface area contributed by atoms with E-state index in [4.69, 9.17) is 0 Å². The van der Waals surface area contributed by atoms with Gasteiger partial charge in [-0.25, -0.2) is 0 Å². The number of carbonyl (C=O) groups excluding carboxylic acids is 2. The molecule has 0 aromatic heterocycles. The molecule has 5 rings (SSSR count). The Kier molecular flexibility index (Phi) is 4.68. The molecule has 3 heterocycles. The Morgan fingerprint density at radius 1 is 0.966 bits per heavy atom. The van der Waals surface area contributed by atoms with Crippen LogP contribution in [0.15, 0.2) is 48.5 Å². The molecular formula is C24H25N3O2. The summed E-state index contributed by atoms with van der Waals surface area (Å²) < 4.78 is 0. The molecule has 29 heavy (non-hydrogen) atoms. The van der Waals surface area contributed by atoms with Crippen molar-refractivity contribution in [1.82, 2.24) is 9.80 Å². The van der Waals surface area contributed by atoms with Crippen molar-refractivity contribution in [1.29, 1.82) is 0 Å². The molecule has 0 unspecified atom stereocenters. The van der Waals surface area contributed by atoms with Crippen molar-refractivity contribution in [3.8, 4) is 0 Å². The zero-order valence-electron chi connectivity index (χ0n) is 16.5. The molecule has 2 amide bonds. The van der Waals surface area contributed by atoms with Crippen LogP contribution in [0.4, 0.5) is 5.69 Å². The van der Waals surface area contributed by atoms with Gasteiger partial charge < -0.3 is 9.80 Å². The Balaban J connectivity index is 1.20. The number of hydrogen-bond acceptors (Lipinski definition) is 3. The number of amides is 2. The fourth-order valence-corrected chi connectivity index (χ4v) is 4.63. The largest absolute Gasteiger partial charge is 0.336 e. The van der Waals surface area contributed by atoms with Gasteiger partial charge in [0.15, 0.2) is 0 Å². The van der Waals surface area contributed by atoms with Crippen molar-refractivity contribution in [2.45, 2.75) is 12.8 Å². The van der Waals surface area contributed by atoms with Crippen molar-refractivity contribution in [2.24, 2.45) is 0 Å². The second-order valence-corrected chi connectivity index (χ2v) is 8.02. The van der Waals surface area contributed by atoms with E-state index < -0.39 is 0 Å². The van der Waals surface area contributed by atoms with E-state index in [9.17, 15) is 9.59 Å². The maximum Gasteiger partial charge on any atom is 0.253 e. The summed E-state index contributed by atoms with van der Waals surface area (Å²) in [5.74, 6) is 0.266. The molecule has 2 aromatic carbocycles. The smallest absolute Gasteiger partial charge is 0.253 e. The summed E-state index contributed by atoms with van der Waals surface area (Å²) in [6, 6.07) is 14.3. The molecule has 148 valence electrons. The predicted octanol–water partition coefficient (Wildman–Crippen LogP) is 2.60. The lowest BCUT2D eigenvalue weighted by atomic mass is 10.0. The van der Waals surface area contributed by atoms with Crippen LogP contribution in [0.1, 0.15) is 27.0 Å². The Bertz CT molecular complexity index is 975. The molecule has 3 aliphatic rings. The zero-order valence-corrected chi connectivity index (χ0v) is 16.5. The van der Waals surface area contributed by atoms with Crippen molar-refractivity contribution in [2.75, 3.05) is 44.2 Å². The highest BCUT2D eigenvalue weighted by molar-refractivity contribution is 6.05. The number of nitrogens with zero attached hydrogens (tertiary/aromatic N) is 3. The molecule has 0 bridgehead atoms. The molecule has 1 saturated heterocycles. The van der Waals surface area contributed by atoms with Gasteiger partial charge in [-0.15, -0.1) is 0 Å². The first-order valence-electron chi connectivity index (χ1n) is 10.4. The summed E-state index contributed by atoms with van der Waals surface area (Å²) in [5.41, 5.74) is 5.21. The Hall–Kier alpha value is -2.92. The van der Waals surface area contributed by atoms with Crippen LogP contribution >= 0.6 is 0 Å². The number of anilines is 1. The van der Waals surface area contributed by atoms with Crippen molar-refractivity contribution < 1.29 is 9.59 Å². The Labute approximate surface area is 171 Å². The third-order valence-electron chi connectivity index (χ3n) is 6.17. The third-order valence-corrected chi connectivity index (χ3v) is 6.17. The highest BCUT2D eigenvalue weighted by Gasteiger charge is 2.35. The van der Waals surface area contributed by atoms with E-state index in [1.54, 1.807) is 0 Å². The summed E-state index contributed by atoms with van der Waals surface area (Å²) in [7, 11) is 0. The lowest BCUT2D eigenvalue weighted by molar-refractivity contribution is -0.117. The van der Waals surface area contributed by atoms with Gasteiger partial charge >= 0.3 is 0 Å². The minimum atomic E-state index is 0.0985. The van der Waals surface area contributed by atoms with E-state index in [0.717, 1.165) is 68.1 Å². The standard InChI is InChI=1S/C24H25N3O2/c28-22-17-20-16-21(15-19-8-10-27(22)23(19)20)24(29)26-13-11-25(12-14-26)9-4-7-18-5-2-1-3-6-18/h1-7,15-16H,8-14,17H2/b7-4+. The van der Waals surface area contributed by atoms with E-state index in [-0.39, 0.29) is 11.8 Å². The molecule has 2 aromatic rings. The molecular weight excluding hydrogens is 362 g/mol. The minimum Gasteiger partial charge on any atom is -0.336 e. The van der Waals surface area contributed by atoms with Crippen molar-refractivity contribution >= 4 is 23.6 Å². The molecule has 0 atom stereocenters. The highest BCUT2D eigenvalue weighted by atomic mass is 16.2. The number of hydrogen-bond donors (Lipinski definition) is 0. The maximum atomic E-state index is 13.1. The monoisotopic (exact) mass is 387 g/mol. The third kappa shape index (κ3) is 3.47. The van der Waals surface area contributed by atoms with Gasteiger partial charge in [0.25, 0.3) is 5.91 Å². The normalized spacial score (nSPS) is 18.7. The van der Waals surface area contributed by atoms with E-state index >= 15 is 0 Å². The van der Waals surface area contributed by atoms with Crippen molar-refractivity contribution in [3.05, 3.63) is 70.8 Å². The van der Waals surface area contributed by atoms with Crippen LogP contribution in [-0.4, -0.2) is 60.9 Å². The second-order valence-electron chi connectivity index (χ2n) is 8.02. The van der Waals surface area contributed by atoms with Gasteiger partial charge in [-0.1, -0.05) is 42.5 Å². The zero-order chi connectivity index (χ0) is 19.8. The SMILES string of the molecule is O=C(c1cc2c3c(c1)CC(=O)N3CC2)N1CCN(C/C=C/c2ccccc2)CC1. The van der Waals surface area contributed by atoms with Gasteiger partial charge in [0.05, 0.1) is 12.1 Å². The molecule has 5 heteroatoms. The van der Waals surface area contributed by atoms with Crippen molar-refractivity contribution in [3.63, 3.8) is 0 Å². The Morgan fingerprint density at radius 2 is 1.72 bits per heavy atom. The quantitative estimate of drug-likeness (QED) is 0.810. The van der Waals surface area contributed by atoms with Gasteiger partial charge in [-0.05, 0) is 35.2 Å². The number of benzene rings is 2. The van der Waals surface area contributed by atoms with E-state index in [1.807, 2.05) is 40.1 Å². The average Bonchev–Trinajstić information content (AvgIpc) is 3.33. The molecule has 0 saturated carbocycles. The summed E-state index contributed by atoms with van der Waals surface area (Å²) in [5, 5.41) is 0. The average molecular weight is 387 g/mol. The minimum absolute atomic E-state index is 0.0985. The van der Waals surface area contributed by atoms with Crippen LogP contribution < -0.4 is 4.90 Å². The summed E-state index contributed by atoms with van der Waals surface area (Å²) >= 11 is 0. The first-order valence-corrected chi connectivity index (χ1v) is 10.4. The molecule has 3 aliphatic heterocycles. The summed E-state index contributed by atoms with van der Waals surface area (Å²) in [4.78, 5) is 31.4. The van der Waals surface area contributed by atoms with Crippen LogP contribution in [0.25, 0.3) is 6.08 Å². The van der Waals surface area contributed by atoms with Gasteiger partial charge in [0.1, 0.15) is 0 Å². The second kappa shape index (κ2) is 7.48. The van der Waals surface area contributed by atoms with Crippen LogP contribution in [0, 0.1) is 0 Å². The summed E-state index contributed by atoms with van der Waals surface area (Å²) in [6.07, 6.45) is 5.63. The molecule has 0 radical (unpaired) electrons. The molecule has 0 N–H and O–H groups in total. The van der Waals surface area contributed by atoms with Gasteiger partial charge in [-0.3, -0.25) is 14.5 Å². The molecule has 0 aliphatic carbocycles. The number of carbonyl (C=O) groups is 2. The highest BCUT2D eigenvalue weighted by Crippen LogP contribution is 2.38. The fourth-order valence-electron chi connectivity index (χ4n) is 4.63. The topological polar surface area (TPSA) is 43.9 Å². The molecule has 1 fully saturated rings. The maximum absolute atomic E-state index is 13.1. The van der Waals surface area contributed by atoms with Gasteiger partial charge in [0.2, 0.25) is 5.91 Å². The lowest BCUT2D eigenvalue weighted by Gasteiger charge is -2.34. The molecule has 0 spiro atoms. The number of piperazine rings is 1. The van der Waals surface area contributed by atoms with E-state index in [1.165, 1.54) is 5.56 Å². The van der Waals surface area contributed by atoms with E-state index in [0.29, 0.717) is 6.42 Å². The van der Waals surface area contributed by atoms with Gasteiger partial charge in [0, 0.05) is 44.8 Å². The van der Waals surface area contributed by atoms with Gasteiger partial charge in [-0.2, -0.15) is 0 Å². The Morgan fingerprint density at radius 3 is 2.52 bits per heavy atom. The van der Waals surface area contributed by atoms with Crippen LogP contribution in [0.3, 0.4) is 0 Å². The summed E-state index contributed by atoms with van der Waals surface area (Å²) in [6.45, 7) is 4.92. The first-order chi connectivity index (χ1) is 14.2. The lowest BCUT2D eigenvalue weighted by Crippen LogP contribution is -2.48. The fraction of sp³-hybridized carbons (Fsp3) is 0.333. The van der Waals surface area contributed by atoms with Crippen LogP contribution in [-0.2, 0) is 17.6 Å².